The minimum Gasteiger partial charge on any atom is -0.394 e. The lowest BCUT2D eigenvalue weighted by Crippen LogP contribution is -2.40. The molecule has 128 valence electrons. The highest BCUT2D eigenvalue weighted by molar-refractivity contribution is 6.30. The highest BCUT2D eigenvalue weighted by Crippen LogP contribution is 2.16. The van der Waals surface area contributed by atoms with Crippen molar-refractivity contribution in [3.05, 3.63) is 46.5 Å². The first kappa shape index (κ1) is 16.7. The number of hydrogen-bond donors (Lipinski definition) is 3. The zero-order chi connectivity index (χ0) is 16.9. The Kier molecular flexibility index (Phi) is 5.32. The van der Waals surface area contributed by atoms with E-state index in [0.717, 1.165) is 36.6 Å². The lowest BCUT2D eigenvalue weighted by atomic mass is 10.1. The molecule has 0 saturated carbocycles. The molecule has 3 N–H and O–H groups in total. The summed E-state index contributed by atoms with van der Waals surface area (Å²) in [5, 5.41) is 23.9. The number of benzene rings is 1. The van der Waals surface area contributed by atoms with Crippen molar-refractivity contribution in [2.75, 3.05) is 13.2 Å². The van der Waals surface area contributed by atoms with Crippen molar-refractivity contribution >= 4 is 17.6 Å². The molecule has 0 fully saturated rings. The first-order valence-corrected chi connectivity index (χ1v) is 8.37. The van der Waals surface area contributed by atoms with E-state index in [1.165, 1.54) is 0 Å². The first-order valence-electron chi connectivity index (χ1n) is 7.99. The number of halogens is 1. The van der Waals surface area contributed by atoms with E-state index < -0.39 is 6.04 Å². The largest absolute Gasteiger partial charge is 0.394 e. The van der Waals surface area contributed by atoms with Crippen molar-refractivity contribution in [3.63, 3.8) is 0 Å². The van der Waals surface area contributed by atoms with Crippen LogP contribution < -0.4 is 10.6 Å². The number of aromatic nitrogens is 3. The van der Waals surface area contributed by atoms with Gasteiger partial charge in [0.2, 0.25) is 0 Å². The van der Waals surface area contributed by atoms with E-state index in [1.807, 2.05) is 0 Å². The van der Waals surface area contributed by atoms with Crippen molar-refractivity contribution in [2.45, 2.75) is 31.8 Å². The molecule has 7 nitrogen and oxygen atoms in total. The van der Waals surface area contributed by atoms with E-state index in [0.29, 0.717) is 18.0 Å². The van der Waals surface area contributed by atoms with Crippen LogP contribution in [0.2, 0.25) is 5.02 Å². The molecule has 0 spiro atoms. The Morgan fingerprint density at radius 2 is 2.12 bits per heavy atom. The summed E-state index contributed by atoms with van der Waals surface area (Å²) in [6.07, 6.45) is 2.70. The predicted octanol–water partition coefficient (Wildman–Crippen LogP) is 1.45. The van der Waals surface area contributed by atoms with Gasteiger partial charge in [0.05, 0.1) is 12.6 Å². The fraction of sp³-hybridized carbons (Fsp3) is 0.438. The molecule has 2 heterocycles. The van der Waals surface area contributed by atoms with Gasteiger partial charge in [0.1, 0.15) is 11.6 Å². The molecule has 1 aliphatic heterocycles. The van der Waals surface area contributed by atoms with E-state index in [-0.39, 0.29) is 12.6 Å². The summed E-state index contributed by atoms with van der Waals surface area (Å²) in [6, 6.07) is 6.21. The molecule has 1 aliphatic rings. The van der Waals surface area contributed by atoms with Crippen molar-refractivity contribution in [1.29, 1.82) is 0 Å². The quantitative estimate of drug-likeness (QED) is 0.736. The van der Waals surface area contributed by atoms with Gasteiger partial charge < -0.3 is 20.3 Å². The molecule has 3 rings (SSSR count). The predicted molar refractivity (Wildman–Crippen MR) is 89.9 cm³/mol. The van der Waals surface area contributed by atoms with Gasteiger partial charge in [-0.05, 0) is 24.1 Å². The summed E-state index contributed by atoms with van der Waals surface area (Å²) in [5.41, 5.74) is 0.798. The molecule has 24 heavy (non-hydrogen) atoms. The number of fused-ring (bicyclic) bond motifs is 1. The molecule has 0 radical (unpaired) electrons. The van der Waals surface area contributed by atoms with Crippen LogP contribution in [-0.2, 0) is 19.4 Å². The van der Waals surface area contributed by atoms with Crippen molar-refractivity contribution in [2.24, 2.45) is 0 Å². The van der Waals surface area contributed by atoms with Crippen molar-refractivity contribution < 1.29 is 9.90 Å². The third-order valence-corrected chi connectivity index (χ3v) is 4.33. The Morgan fingerprint density at radius 3 is 2.88 bits per heavy atom. The number of aryl methyl sites for hydroxylation is 1. The second-order valence-corrected chi connectivity index (χ2v) is 6.16. The van der Waals surface area contributed by atoms with Gasteiger partial charge in [0, 0.05) is 31.0 Å². The smallest absolute Gasteiger partial charge is 0.315 e. The van der Waals surface area contributed by atoms with Crippen LogP contribution in [0, 0.1) is 0 Å². The number of nitrogens with one attached hydrogen (secondary N) is 2. The number of aliphatic hydroxyl groups excluding tert-OH is 1. The monoisotopic (exact) mass is 349 g/mol. The number of nitrogens with zero attached hydrogens (tertiary/aromatic N) is 3. The topological polar surface area (TPSA) is 92.1 Å². The van der Waals surface area contributed by atoms with Crippen LogP contribution in [0.4, 0.5) is 4.79 Å². The van der Waals surface area contributed by atoms with E-state index in [4.69, 9.17) is 11.6 Å². The normalized spacial score (nSPS) is 14.2. The summed E-state index contributed by atoms with van der Waals surface area (Å²) in [5.74, 6) is 1.93. The fourth-order valence-corrected chi connectivity index (χ4v) is 2.95. The van der Waals surface area contributed by atoms with E-state index in [9.17, 15) is 9.90 Å². The molecular formula is C16H20ClN5O2. The Hall–Kier alpha value is -2.12. The standard InChI is InChI=1S/C16H20ClN5O2/c17-12-5-3-11(4-6-12)13(10-23)19-16(24)18-8-7-15-21-20-14-2-1-9-22(14)15/h3-6,13,23H,1-2,7-10H2,(H2,18,19,24). The number of carbonyl (C=O) groups is 1. The Labute approximate surface area is 145 Å². The highest BCUT2D eigenvalue weighted by atomic mass is 35.5. The average molecular weight is 350 g/mol. The van der Waals surface area contributed by atoms with Crippen LogP contribution >= 0.6 is 11.6 Å². The number of amides is 2. The fourth-order valence-electron chi connectivity index (χ4n) is 2.82. The Morgan fingerprint density at radius 1 is 1.33 bits per heavy atom. The van der Waals surface area contributed by atoms with E-state index in [1.54, 1.807) is 24.3 Å². The second kappa shape index (κ2) is 7.63. The Balaban J connectivity index is 1.48. The molecule has 2 aromatic rings. The minimum absolute atomic E-state index is 0.188. The molecule has 1 aromatic heterocycles. The number of hydrogen-bond acceptors (Lipinski definition) is 4. The summed E-state index contributed by atoms with van der Waals surface area (Å²) < 4.78 is 2.11. The second-order valence-electron chi connectivity index (χ2n) is 5.72. The van der Waals surface area contributed by atoms with Crippen LogP contribution in [0.15, 0.2) is 24.3 Å². The van der Waals surface area contributed by atoms with Crippen molar-refractivity contribution in [3.8, 4) is 0 Å². The van der Waals surface area contributed by atoms with Gasteiger partial charge in [-0.2, -0.15) is 0 Å². The van der Waals surface area contributed by atoms with Crippen LogP contribution in [0.1, 0.15) is 29.7 Å². The number of aliphatic hydroxyl groups is 1. The molecule has 0 bridgehead atoms. The maximum Gasteiger partial charge on any atom is 0.315 e. The Bertz CT molecular complexity index is 701. The minimum atomic E-state index is -0.473. The summed E-state index contributed by atoms with van der Waals surface area (Å²) in [4.78, 5) is 12.0. The lowest BCUT2D eigenvalue weighted by molar-refractivity contribution is 0.217. The van der Waals surface area contributed by atoms with Gasteiger partial charge in [-0.1, -0.05) is 23.7 Å². The molecule has 0 aliphatic carbocycles. The zero-order valence-electron chi connectivity index (χ0n) is 13.2. The summed E-state index contributed by atoms with van der Waals surface area (Å²) in [6.45, 7) is 1.22. The van der Waals surface area contributed by atoms with Crippen LogP contribution in [0.25, 0.3) is 0 Å². The third-order valence-electron chi connectivity index (χ3n) is 4.08. The maximum absolute atomic E-state index is 12.0. The van der Waals surface area contributed by atoms with E-state index >= 15 is 0 Å². The van der Waals surface area contributed by atoms with Gasteiger partial charge in [-0.15, -0.1) is 10.2 Å². The number of rotatable bonds is 6. The SMILES string of the molecule is O=C(NCCc1nnc2n1CCC2)NC(CO)c1ccc(Cl)cc1. The van der Waals surface area contributed by atoms with Crippen LogP contribution in [0.5, 0.6) is 0 Å². The number of carbonyl (C=O) groups excluding carboxylic acids is 1. The van der Waals surface area contributed by atoms with Gasteiger partial charge in [0.15, 0.2) is 0 Å². The van der Waals surface area contributed by atoms with Gasteiger partial charge in [-0.25, -0.2) is 4.79 Å². The van der Waals surface area contributed by atoms with Crippen LogP contribution in [0.3, 0.4) is 0 Å². The number of urea groups is 1. The lowest BCUT2D eigenvalue weighted by Gasteiger charge is -2.17. The first-order chi connectivity index (χ1) is 11.7. The van der Waals surface area contributed by atoms with Crippen molar-refractivity contribution in [1.82, 2.24) is 25.4 Å². The zero-order valence-corrected chi connectivity index (χ0v) is 14.0. The summed E-state index contributed by atoms with van der Waals surface area (Å²) >= 11 is 5.85. The van der Waals surface area contributed by atoms with Crippen LogP contribution in [-0.4, -0.2) is 39.1 Å². The average Bonchev–Trinajstić information content (AvgIpc) is 3.18. The molecule has 1 unspecified atom stereocenters. The molecular weight excluding hydrogens is 330 g/mol. The maximum atomic E-state index is 12.0. The molecule has 0 saturated heterocycles. The molecule has 1 atom stereocenters. The van der Waals surface area contributed by atoms with Gasteiger partial charge in [-0.3, -0.25) is 0 Å². The molecule has 8 heteroatoms. The summed E-state index contributed by atoms with van der Waals surface area (Å²) in [7, 11) is 0. The van der Waals surface area contributed by atoms with Gasteiger partial charge >= 0.3 is 6.03 Å². The van der Waals surface area contributed by atoms with E-state index in [2.05, 4.69) is 25.4 Å². The van der Waals surface area contributed by atoms with Gasteiger partial charge in [0.25, 0.3) is 0 Å². The molecule has 2 amide bonds. The third kappa shape index (κ3) is 3.85. The highest BCUT2D eigenvalue weighted by Gasteiger charge is 2.17. The molecule has 1 aromatic carbocycles.